The zero-order valence-corrected chi connectivity index (χ0v) is 19.1. The molecule has 0 spiro atoms. The summed E-state index contributed by atoms with van der Waals surface area (Å²) >= 11 is 0. The van der Waals surface area contributed by atoms with Gasteiger partial charge in [-0.15, -0.1) is 10.2 Å². The molecule has 1 amide bonds. The van der Waals surface area contributed by atoms with Gasteiger partial charge in [0, 0.05) is 42.5 Å². The van der Waals surface area contributed by atoms with E-state index in [9.17, 15) is 4.79 Å². The topological polar surface area (TPSA) is 85.8 Å². The molecular formula is C25H28N4O4. The number of carbonyl (C=O) groups excluding carboxylic acids is 1. The molecule has 172 valence electrons. The van der Waals surface area contributed by atoms with Gasteiger partial charge in [0.15, 0.2) is 5.82 Å². The Morgan fingerprint density at radius 2 is 1.73 bits per heavy atom. The van der Waals surface area contributed by atoms with Crippen LogP contribution in [0.25, 0.3) is 11.3 Å². The van der Waals surface area contributed by atoms with Crippen LogP contribution in [0.1, 0.15) is 12.8 Å². The molecule has 33 heavy (non-hydrogen) atoms. The van der Waals surface area contributed by atoms with E-state index in [-0.39, 0.29) is 11.8 Å². The summed E-state index contributed by atoms with van der Waals surface area (Å²) in [5, 5.41) is 11.8. The zero-order chi connectivity index (χ0) is 23.2. The summed E-state index contributed by atoms with van der Waals surface area (Å²) in [7, 11) is 4.81. The smallest absolute Gasteiger partial charge is 0.229 e. The third-order valence-electron chi connectivity index (χ3n) is 5.77. The van der Waals surface area contributed by atoms with Gasteiger partial charge in [-0.25, -0.2) is 0 Å². The molecule has 0 radical (unpaired) electrons. The van der Waals surface area contributed by atoms with Gasteiger partial charge in [-0.05, 0) is 37.1 Å². The second kappa shape index (κ2) is 10.2. The minimum atomic E-state index is -0.161. The van der Waals surface area contributed by atoms with Crippen LogP contribution >= 0.6 is 0 Å². The number of hydrogen-bond acceptors (Lipinski definition) is 7. The first-order valence-electron chi connectivity index (χ1n) is 10.9. The lowest BCUT2D eigenvalue weighted by Gasteiger charge is -2.32. The molecular weight excluding hydrogens is 420 g/mol. The maximum Gasteiger partial charge on any atom is 0.229 e. The average molecular weight is 449 g/mol. The Bertz CT molecular complexity index is 1080. The van der Waals surface area contributed by atoms with E-state index in [1.54, 1.807) is 39.5 Å². The van der Waals surface area contributed by atoms with Crippen molar-refractivity contribution in [1.29, 1.82) is 0 Å². The fourth-order valence-electron chi connectivity index (χ4n) is 4.02. The summed E-state index contributed by atoms with van der Waals surface area (Å²) in [6, 6.07) is 16.9. The van der Waals surface area contributed by atoms with Crippen molar-refractivity contribution in [2.75, 3.05) is 44.6 Å². The van der Waals surface area contributed by atoms with E-state index < -0.39 is 0 Å². The van der Waals surface area contributed by atoms with Crippen molar-refractivity contribution in [3.05, 3.63) is 54.6 Å². The van der Waals surface area contributed by atoms with Gasteiger partial charge >= 0.3 is 0 Å². The third kappa shape index (κ3) is 5.16. The van der Waals surface area contributed by atoms with E-state index in [0.717, 1.165) is 42.2 Å². The molecule has 1 aromatic heterocycles. The molecule has 0 unspecified atom stereocenters. The maximum absolute atomic E-state index is 13.0. The molecule has 1 N–H and O–H groups in total. The number of anilines is 2. The molecule has 4 rings (SSSR count). The predicted octanol–water partition coefficient (Wildman–Crippen LogP) is 4.02. The lowest BCUT2D eigenvalue weighted by molar-refractivity contribution is -0.120. The summed E-state index contributed by atoms with van der Waals surface area (Å²) < 4.78 is 16.0. The van der Waals surface area contributed by atoms with Gasteiger partial charge in [0.05, 0.1) is 32.9 Å². The first-order valence-corrected chi connectivity index (χ1v) is 10.9. The molecule has 8 nitrogen and oxygen atoms in total. The average Bonchev–Trinajstić information content (AvgIpc) is 2.88. The summed E-state index contributed by atoms with van der Waals surface area (Å²) in [5.74, 6) is 2.57. The Morgan fingerprint density at radius 1 is 0.970 bits per heavy atom. The molecule has 1 saturated heterocycles. The Kier molecular flexibility index (Phi) is 6.92. The van der Waals surface area contributed by atoms with Gasteiger partial charge in [0.2, 0.25) is 5.91 Å². The maximum atomic E-state index is 13.0. The van der Waals surface area contributed by atoms with Gasteiger partial charge < -0.3 is 24.4 Å². The van der Waals surface area contributed by atoms with Crippen molar-refractivity contribution >= 4 is 17.4 Å². The number of nitrogens with zero attached hydrogens (tertiary/aromatic N) is 3. The molecule has 1 aliphatic heterocycles. The van der Waals surface area contributed by atoms with Crippen molar-refractivity contribution in [1.82, 2.24) is 10.2 Å². The fourth-order valence-corrected chi connectivity index (χ4v) is 4.02. The number of nitrogens with one attached hydrogen (secondary N) is 1. The molecule has 1 aliphatic rings. The zero-order valence-electron chi connectivity index (χ0n) is 19.1. The van der Waals surface area contributed by atoms with Crippen molar-refractivity contribution in [2.45, 2.75) is 12.8 Å². The largest absolute Gasteiger partial charge is 0.497 e. The molecule has 0 bridgehead atoms. The number of benzene rings is 2. The number of rotatable bonds is 7. The highest BCUT2D eigenvalue weighted by Crippen LogP contribution is 2.30. The van der Waals surface area contributed by atoms with Crippen LogP contribution in [0.4, 0.5) is 11.5 Å². The van der Waals surface area contributed by atoms with Crippen LogP contribution in [0.15, 0.2) is 54.6 Å². The quantitative estimate of drug-likeness (QED) is 0.584. The number of methoxy groups -OCH3 is 3. The molecule has 2 heterocycles. The van der Waals surface area contributed by atoms with E-state index in [1.165, 1.54) is 0 Å². The van der Waals surface area contributed by atoms with Crippen LogP contribution < -0.4 is 24.4 Å². The molecule has 0 saturated carbocycles. The summed E-state index contributed by atoms with van der Waals surface area (Å²) in [4.78, 5) is 15.1. The Labute approximate surface area is 193 Å². The third-order valence-corrected chi connectivity index (χ3v) is 5.77. The Morgan fingerprint density at radius 3 is 2.39 bits per heavy atom. The molecule has 1 fully saturated rings. The summed E-state index contributed by atoms with van der Waals surface area (Å²) in [5.41, 5.74) is 2.28. The highest BCUT2D eigenvalue weighted by atomic mass is 16.5. The van der Waals surface area contributed by atoms with Crippen molar-refractivity contribution in [3.63, 3.8) is 0 Å². The van der Waals surface area contributed by atoms with Crippen LogP contribution in [0, 0.1) is 5.92 Å². The minimum Gasteiger partial charge on any atom is -0.497 e. The summed E-state index contributed by atoms with van der Waals surface area (Å²) in [6.45, 7) is 1.41. The van der Waals surface area contributed by atoms with E-state index in [0.29, 0.717) is 23.7 Å². The minimum absolute atomic E-state index is 0.0337. The standard InChI is InChI=1S/C25H28N4O4/c1-31-19-13-18(14-20(15-19)32-2)26-25(30)17-7-6-12-29(16-17)24-11-10-22(27-28-24)21-8-4-5-9-23(21)33-3/h4-5,8-11,13-15,17H,6-7,12,16H2,1-3H3,(H,26,30)/t17-/m0/s1. The van der Waals surface area contributed by atoms with E-state index in [4.69, 9.17) is 14.2 Å². The van der Waals surface area contributed by atoms with Gasteiger partial charge in [-0.1, -0.05) is 12.1 Å². The van der Waals surface area contributed by atoms with Crippen molar-refractivity contribution in [3.8, 4) is 28.5 Å². The Hall–Kier alpha value is -3.81. The SMILES string of the molecule is COc1cc(NC(=O)[C@H]2CCCN(c3ccc(-c4ccccc4OC)nn3)C2)cc(OC)c1. The van der Waals surface area contributed by atoms with E-state index in [2.05, 4.69) is 20.4 Å². The first kappa shape index (κ1) is 22.4. The Balaban J connectivity index is 1.45. The monoisotopic (exact) mass is 448 g/mol. The van der Waals surface area contributed by atoms with Crippen LogP contribution in [-0.4, -0.2) is 50.5 Å². The van der Waals surface area contributed by atoms with E-state index >= 15 is 0 Å². The normalized spacial score (nSPS) is 15.6. The number of amides is 1. The van der Waals surface area contributed by atoms with Gasteiger partial charge in [0.1, 0.15) is 17.2 Å². The second-order valence-electron chi connectivity index (χ2n) is 7.85. The van der Waals surface area contributed by atoms with Gasteiger partial charge in [0.25, 0.3) is 0 Å². The molecule has 8 heteroatoms. The van der Waals surface area contributed by atoms with Crippen LogP contribution in [0.2, 0.25) is 0 Å². The molecule has 0 aliphatic carbocycles. The number of piperidine rings is 1. The van der Waals surface area contributed by atoms with Gasteiger partial charge in [-0.3, -0.25) is 4.79 Å². The van der Waals surface area contributed by atoms with Gasteiger partial charge in [-0.2, -0.15) is 0 Å². The van der Waals surface area contributed by atoms with Crippen molar-refractivity contribution in [2.24, 2.45) is 5.92 Å². The first-order chi connectivity index (χ1) is 16.1. The molecule has 2 aromatic carbocycles. The van der Waals surface area contributed by atoms with Crippen LogP contribution in [-0.2, 0) is 4.79 Å². The number of hydrogen-bond donors (Lipinski definition) is 1. The predicted molar refractivity (Wildman–Crippen MR) is 127 cm³/mol. The van der Waals surface area contributed by atoms with E-state index in [1.807, 2.05) is 36.4 Å². The number of ether oxygens (including phenoxy) is 3. The second-order valence-corrected chi connectivity index (χ2v) is 7.85. The molecule has 1 atom stereocenters. The van der Waals surface area contributed by atoms with Crippen LogP contribution in [0.3, 0.4) is 0 Å². The fraction of sp³-hybridized carbons (Fsp3) is 0.320. The van der Waals surface area contributed by atoms with Crippen LogP contribution in [0.5, 0.6) is 17.2 Å². The summed E-state index contributed by atoms with van der Waals surface area (Å²) in [6.07, 6.45) is 1.71. The number of aromatic nitrogens is 2. The highest BCUT2D eigenvalue weighted by Gasteiger charge is 2.27. The lowest BCUT2D eigenvalue weighted by Crippen LogP contribution is -2.41. The number of para-hydroxylation sites is 1. The number of carbonyl (C=O) groups is 1. The highest BCUT2D eigenvalue weighted by molar-refractivity contribution is 5.93. The lowest BCUT2D eigenvalue weighted by atomic mass is 9.97. The molecule has 3 aromatic rings. The van der Waals surface area contributed by atoms with Crippen molar-refractivity contribution < 1.29 is 19.0 Å².